The average molecular weight is 503 g/mol. The number of carbonyl (C=O) groups is 1. The predicted octanol–water partition coefficient (Wildman–Crippen LogP) is 4.12. The van der Waals surface area contributed by atoms with Crippen molar-refractivity contribution in [3.63, 3.8) is 0 Å². The number of ether oxygens (including phenoxy) is 3. The van der Waals surface area contributed by atoms with Gasteiger partial charge < -0.3 is 19.5 Å². The first-order chi connectivity index (χ1) is 16.7. The average Bonchev–Trinajstić information content (AvgIpc) is 3.54. The number of benzene rings is 1. The van der Waals surface area contributed by atoms with Gasteiger partial charge in [-0.15, -0.1) is 11.3 Å². The van der Waals surface area contributed by atoms with E-state index in [-0.39, 0.29) is 31.1 Å². The molecule has 0 radical (unpaired) electrons. The van der Waals surface area contributed by atoms with Crippen LogP contribution in [0.2, 0.25) is 0 Å². The number of aryl methyl sites for hydroxylation is 2. The molecule has 1 aliphatic rings. The van der Waals surface area contributed by atoms with Gasteiger partial charge in [-0.1, -0.05) is 0 Å². The Kier molecular flexibility index (Phi) is 7.25. The summed E-state index contributed by atoms with van der Waals surface area (Å²) in [7, 11) is 0. The Morgan fingerprint density at radius 2 is 2.06 bits per heavy atom. The van der Waals surface area contributed by atoms with Crippen LogP contribution < -0.4 is 20.5 Å². The Morgan fingerprint density at radius 3 is 2.83 bits per heavy atom. The smallest absolute Gasteiger partial charge is 0.407 e. The van der Waals surface area contributed by atoms with Crippen LogP contribution in [-0.2, 0) is 24.2 Å². The molecule has 0 bridgehead atoms. The molecule has 0 fully saturated rings. The van der Waals surface area contributed by atoms with E-state index >= 15 is 0 Å². The zero-order chi connectivity index (χ0) is 25.0. The lowest BCUT2D eigenvalue weighted by atomic mass is 10.1. The Labute approximate surface area is 205 Å². The van der Waals surface area contributed by atoms with Crippen LogP contribution in [0.5, 0.6) is 11.5 Å². The van der Waals surface area contributed by atoms with E-state index in [4.69, 9.17) is 14.2 Å². The summed E-state index contributed by atoms with van der Waals surface area (Å²) in [5.74, 6) is 1.48. The Hall–Kier alpha value is -3.60. The van der Waals surface area contributed by atoms with Gasteiger partial charge in [0.05, 0.1) is 12.9 Å². The largest absolute Gasteiger partial charge is 0.454 e. The monoisotopic (exact) mass is 502 g/mol. The first kappa shape index (κ1) is 24.5. The van der Waals surface area contributed by atoms with Crippen molar-refractivity contribution < 1.29 is 23.4 Å². The van der Waals surface area contributed by atoms with Crippen LogP contribution >= 0.6 is 11.3 Å². The summed E-state index contributed by atoms with van der Waals surface area (Å²) in [5.41, 5.74) is 0.220. The lowest BCUT2D eigenvalue weighted by Crippen LogP contribution is -2.34. The highest BCUT2D eigenvalue weighted by Gasteiger charge is 2.17. The molecular formula is C24H27FN4O5S. The highest BCUT2D eigenvalue weighted by Crippen LogP contribution is 2.38. The van der Waals surface area contributed by atoms with Crippen molar-refractivity contribution in [2.24, 2.45) is 0 Å². The summed E-state index contributed by atoms with van der Waals surface area (Å²) in [6.45, 7) is 5.70. The maximum absolute atomic E-state index is 13.3. The zero-order valence-corrected chi connectivity index (χ0v) is 20.6. The van der Waals surface area contributed by atoms with Crippen LogP contribution in [0.25, 0.3) is 10.4 Å². The van der Waals surface area contributed by atoms with E-state index in [0.29, 0.717) is 19.3 Å². The minimum atomic E-state index is -0.661. The predicted molar refractivity (Wildman–Crippen MR) is 129 cm³/mol. The van der Waals surface area contributed by atoms with E-state index in [1.54, 1.807) is 32.1 Å². The molecule has 9 nitrogen and oxygen atoms in total. The van der Waals surface area contributed by atoms with E-state index in [1.165, 1.54) is 10.9 Å². The Balaban J connectivity index is 1.32. The number of thiophene rings is 1. The molecule has 3 aromatic rings. The van der Waals surface area contributed by atoms with Crippen molar-refractivity contribution in [2.75, 3.05) is 13.3 Å². The minimum Gasteiger partial charge on any atom is -0.454 e. The number of hydrogen-bond donors (Lipinski definition) is 1. The van der Waals surface area contributed by atoms with E-state index in [1.807, 2.05) is 30.3 Å². The van der Waals surface area contributed by atoms with Crippen LogP contribution in [0.1, 0.15) is 25.6 Å². The molecule has 0 spiro atoms. The normalized spacial score (nSPS) is 13.2. The van der Waals surface area contributed by atoms with Crippen LogP contribution in [0.3, 0.4) is 0 Å². The standard InChI is InChI=1S/C24H27FN4O5S/c1-24(2,3)34-22(30)26-12-16(11-25)13-29-23(31)28(14-27-29)9-8-18-5-7-21(35-18)17-4-6-19-20(10-17)33-15-32-19/h4-7,10-11,14H,8-9,12-13,15H2,1-3H3,(H,26,30)/b16-11+. The lowest BCUT2D eigenvalue weighted by molar-refractivity contribution is 0.0532. The Morgan fingerprint density at radius 1 is 1.26 bits per heavy atom. The summed E-state index contributed by atoms with van der Waals surface area (Å²) < 4.78 is 31.9. The molecule has 0 saturated carbocycles. The van der Waals surface area contributed by atoms with Crippen LogP contribution in [0.15, 0.2) is 53.4 Å². The number of aromatic nitrogens is 3. The fourth-order valence-electron chi connectivity index (χ4n) is 3.40. The zero-order valence-electron chi connectivity index (χ0n) is 19.7. The first-order valence-electron chi connectivity index (χ1n) is 11.1. The summed E-state index contributed by atoms with van der Waals surface area (Å²) in [6.07, 6.45) is 1.79. The fraction of sp³-hybridized carbons (Fsp3) is 0.375. The van der Waals surface area contributed by atoms with Gasteiger partial charge in [0, 0.05) is 22.8 Å². The Bertz CT molecular complexity index is 1290. The molecule has 0 saturated heterocycles. The van der Waals surface area contributed by atoms with Crippen molar-refractivity contribution in [3.05, 3.63) is 63.9 Å². The second-order valence-corrected chi connectivity index (χ2v) is 10.1. The van der Waals surface area contributed by atoms with Crippen molar-refractivity contribution in [2.45, 2.75) is 45.9 Å². The summed E-state index contributed by atoms with van der Waals surface area (Å²) in [5, 5.41) is 6.56. The van der Waals surface area contributed by atoms with Gasteiger partial charge in [0.15, 0.2) is 11.5 Å². The van der Waals surface area contributed by atoms with Gasteiger partial charge >= 0.3 is 11.8 Å². The van der Waals surface area contributed by atoms with Gasteiger partial charge in [0.25, 0.3) is 0 Å². The number of nitrogens with zero attached hydrogens (tertiary/aromatic N) is 3. The highest BCUT2D eigenvalue weighted by molar-refractivity contribution is 7.15. The number of rotatable bonds is 8. The number of carbonyl (C=O) groups excluding carboxylic acids is 1. The van der Waals surface area contributed by atoms with Crippen molar-refractivity contribution in [1.29, 1.82) is 0 Å². The van der Waals surface area contributed by atoms with E-state index in [9.17, 15) is 14.0 Å². The molecule has 4 rings (SSSR count). The summed E-state index contributed by atoms with van der Waals surface area (Å²) in [6, 6.07) is 9.92. The summed E-state index contributed by atoms with van der Waals surface area (Å²) >= 11 is 1.64. The minimum absolute atomic E-state index is 0.0780. The molecule has 1 aliphatic heterocycles. The number of hydrogen-bond acceptors (Lipinski definition) is 7. The molecule has 0 atom stereocenters. The number of fused-ring (bicyclic) bond motifs is 1. The van der Waals surface area contributed by atoms with Gasteiger partial charge in [0.2, 0.25) is 6.79 Å². The van der Waals surface area contributed by atoms with Gasteiger partial charge in [-0.2, -0.15) is 5.10 Å². The molecule has 1 N–H and O–H groups in total. The van der Waals surface area contributed by atoms with E-state index in [2.05, 4.69) is 10.4 Å². The van der Waals surface area contributed by atoms with Gasteiger partial charge in [-0.25, -0.2) is 18.7 Å². The second-order valence-electron chi connectivity index (χ2n) is 8.97. The van der Waals surface area contributed by atoms with Crippen molar-refractivity contribution >= 4 is 17.4 Å². The third-order valence-electron chi connectivity index (χ3n) is 5.08. The molecule has 0 unspecified atom stereocenters. The number of alkyl carbamates (subject to hydrolysis) is 1. The quantitative estimate of drug-likeness (QED) is 0.498. The molecule has 3 heterocycles. The molecule has 11 heteroatoms. The van der Waals surface area contributed by atoms with Gasteiger partial charge in [-0.3, -0.25) is 4.57 Å². The van der Waals surface area contributed by atoms with Crippen LogP contribution in [-0.4, -0.2) is 39.4 Å². The molecule has 186 valence electrons. The van der Waals surface area contributed by atoms with E-state index in [0.717, 1.165) is 31.5 Å². The second kappa shape index (κ2) is 10.3. The molecule has 2 aromatic heterocycles. The van der Waals surface area contributed by atoms with Crippen LogP contribution in [0.4, 0.5) is 9.18 Å². The number of amides is 1. The van der Waals surface area contributed by atoms with Gasteiger partial charge in [-0.05, 0) is 68.7 Å². The van der Waals surface area contributed by atoms with Gasteiger partial charge in [0.1, 0.15) is 11.9 Å². The molecule has 0 aliphatic carbocycles. The van der Waals surface area contributed by atoms with Crippen molar-refractivity contribution in [1.82, 2.24) is 19.7 Å². The number of nitrogens with one attached hydrogen (secondary N) is 1. The summed E-state index contributed by atoms with van der Waals surface area (Å²) in [4.78, 5) is 26.7. The first-order valence-corrected chi connectivity index (χ1v) is 11.9. The molecular weight excluding hydrogens is 475 g/mol. The fourth-order valence-corrected chi connectivity index (χ4v) is 4.40. The molecule has 35 heavy (non-hydrogen) atoms. The third kappa shape index (κ3) is 6.30. The maximum Gasteiger partial charge on any atom is 0.407 e. The topological polar surface area (TPSA) is 96.6 Å². The van der Waals surface area contributed by atoms with Crippen molar-refractivity contribution in [3.8, 4) is 21.9 Å². The van der Waals surface area contributed by atoms with E-state index < -0.39 is 11.7 Å². The molecule has 1 amide bonds. The number of halogens is 1. The lowest BCUT2D eigenvalue weighted by Gasteiger charge is -2.19. The highest BCUT2D eigenvalue weighted by atomic mass is 32.1. The SMILES string of the molecule is CC(C)(C)OC(=O)NC/C(=C\F)Cn1ncn(CCc2ccc(-c3ccc4c(c3)OCO4)s2)c1=O. The maximum atomic E-state index is 13.3. The third-order valence-corrected chi connectivity index (χ3v) is 6.27. The van der Waals surface area contributed by atoms with Crippen LogP contribution in [0, 0.1) is 0 Å². The molecule has 1 aromatic carbocycles.